The van der Waals surface area contributed by atoms with Crippen LogP contribution in [0.2, 0.25) is 0 Å². The van der Waals surface area contributed by atoms with E-state index in [2.05, 4.69) is 18.0 Å². The van der Waals surface area contributed by atoms with Gasteiger partial charge in [-0.2, -0.15) is 0 Å². The minimum absolute atomic E-state index is 0.0200. The van der Waals surface area contributed by atoms with E-state index in [9.17, 15) is 4.79 Å². The minimum Gasteiger partial charge on any atom is -0.404 e. The van der Waals surface area contributed by atoms with Crippen LogP contribution in [0, 0.1) is 11.8 Å². The number of nitrogens with two attached hydrogens (primary N) is 1. The second-order valence-corrected chi connectivity index (χ2v) is 7.12. The molecule has 134 valence electrons. The van der Waals surface area contributed by atoms with Crippen LogP contribution in [0.3, 0.4) is 0 Å². The molecule has 1 saturated carbocycles. The van der Waals surface area contributed by atoms with Crippen molar-refractivity contribution in [2.24, 2.45) is 22.6 Å². The van der Waals surface area contributed by atoms with Crippen molar-refractivity contribution < 1.29 is 9.90 Å². The maximum atomic E-state index is 12.3. The fourth-order valence-electron chi connectivity index (χ4n) is 3.97. The number of nitrogens with zero attached hydrogens (tertiary/aromatic N) is 2. The van der Waals surface area contributed by atoms with E-state index in [0.717, 1.165) is 23.2 Å². The maximum Gasteiger partial charge on any atom is 0.224 e. The monoisotopic (exact) mass is 341 g/mol. The number of hydrogen-bond acceptors (Lipinski definition) is 4. The Balaban J connectivity index is 1.94. The molecule has 3 rings (SSSR count). The Morgan fingerprint density at radius 1 is 1.44 bits per heavy atom. The van der Waals surface area contributed by atoms with Crippen LogP contribution in [0.1, 0.15) is 37.8 Å². The number of benzene rings is 1. The second-order valence-electron chi connectivity index (χ2n) is 7.12. The van der Waals surface area contributed by atoms with Gasteiger partial charge >= 0.3 is 0 Å². The van der Waals surface area contributed by atoms with Gasteiger partial charge in [-0.15, -0.1) is 0 Å². The first kappa shape index (κ1) is 17.7. The van der Waals surface area contributed by atoms with Gasteiger partial charge in [-0.05, 0) is 54.4 Å². The third-order valence-electron chi connectivity index (χ3n) is 5.18. The van der Waals surface area contributed by atoms with Gasteiger partial charge in [0.25, 0.3) is 0 Å². The molecule has 1 aromatic carbocycles. The van der Waals surface area contributed by atoms with Gasteiger partial charge in [0.05, 0.1) is 13.2 Å². The highest BCUT2D eigenvalue weighted by Crippen LogP contribution is 2.45. The summed E-state index contributed by atoms with van der Waals surface area (Å²) in [7, 11) is 0. The minimum atomic E-state index is 0.0200. The zero-order valence-electron chi connectivity index (χ0n) is 15.0. The van der Waals surface area contributed by atoms with Gasteiger partial charge in [0.1, 0.15) is 0 Å². The highest BCUT2D eigenvalue weighted by Gasteiger charge is 2.43. The third kappa shape index (κ3) is 3.61. The molecule has 0 spiro atoms. The Kier molecular flexibility index (Phi) is 5.23. The third-order valence-corrected chi connectivity index (χ3v) is 5.18. The van der Waals surface area contributed by atoms with Crippen molar-refractivity contribution in [3.05, 3.63) is 35.5 Å². The van der Waals surface area contributed by atoms with Crippen molar-refractivity contribution in [2.75, 3.05) is 18.1 Å². The number of aliphatic imine (C=N–C) groups is 1. The lowest BCUT2D eigenvalue weighted by Crippen LogP contribution is -2.48. The van der Waals surface area contributed by atoms with Crippen LogP contribution >= 0.6 is 0 Å². The first-order valence-corrected chi connectivity index (χ1v) is 9.02. The number of anilines is 1. The Bertz CT molecular complexity index is 707. The molecule has 1 heterocycles. The summed E-state index contributed by atoms with van der Waals surface area (Å²) < 4.78 is 0. The van der Waals surface area contributed by atoms with E-state index in [4.69, 9.17) is 10.8 Å². The molecule has 5 heteroatoms. The lowest BCUT2D eigenvalue weighted by molar-refractivity contribution is -0.117. The lowest BCUT2D eigenvalue weighted by Gasteiger charge is -2.41. The first-order chi connectivity index (χ1) is 12.1. The van der Waals surface area contributed by atoms with E-state index < -0.39 is 0 Å². The van der Waals surface area contributed by atoms with Crippen molar-refractivity contribution in [3.8, 4) is 0 Å². The molecule has 1 fully saturated rings. The van der Waals surface area contributed by atoms with Gasteiger partial charge in [0, 0.05) is 36.6 Å². The van der Waals surface area contributed by atoms with Crippen LogP contribution in [0.4, 0.5) is 5.69 Å². The van der Waals surface area contributed by atoms with Crippen LogP contribution in [-0.4, -0.2) is 36.4 Å². The zero-order valence-corrected chi connectivity index (χ0v) is 15.0. The standard InChI is InChI=1S/C20H27N3O2/c1-13-9-17-10-16(18(11-21)12-22-7-8-24)5-6-19(17)23(14(2)25)20(13)15-3-4-15/h5-6,10-13,15,20,24H,3-4,7-9,21H2,1-2H3/t13-,20-/m1/s1. The number of carbonyl (C=O) groups is 1. The molecule has 0 saturated heterocycles. The molecule has 25 heavy (non-hydrogen) atoms. The van der Waals surface area contributed by atoms with E-state index in [0.29, 0.717) is 24.4 Å². The quantitative estimate of drug-likeness (QED) is 0.807. The predicted molar refractivity (Wildman–Crippen MR) is 102 cm³/mol. The normalized spacial score (nSPS) is 23.8. The molecular formula is C20H27N3O2. The molecule has 1 aliphatic heterocycles. The summed E-state index contributed by atoms with van der Waals surface area (Å²) in [5.74, 6) is 1.22. The summed E-state index contributed by atoms with van der Waals surface area (Å²) in [6.45, 7) is 4.29. The average molecular weight is 341 g/mol. The van der Waals surface area contributed by atoms with E-state index in [-0.39, 0.29) is 12.5 Å². The predicted octanol–water partition coefficient (Wildman–Crippen LogP) is 2.37. The number of hydrogen-bond donors (Lipinski definition) is 2. The zero-order chi connectivity index (χ0) is 18.0. The average Bonchev–Trinajstić information content (AvgIpc) is 3.41. The van der Waals surface area contributed by atoms with Crippen molar-refractivity contribution in [3.63, 3.8) is 0 Å². The number of allylic oxidation sites excluding steroid dienone is 1. The molecule has 0 bridgehead atoms. The molecule has 0 unspecified atom stereocenters. The van der Waals surface area contributed by atoms with Gasteiger partial charge < -0.3 is 15.7 Å². The summed E-state index contributed by atoms with van der Waals surface area (Å²) in [4.78, 5) is 18.5. The fourth-order valence-corrected chi connectivity index (χ4v) is 3.97. The van der Waals surface area contributed by atoms with Crippen LogP contribution in [0.15, 0.2) is 29.4 Å². The van der Waals surface area contributed by atoms with Gasteiger partial charge in [0.2, 0.25) is 5.91 Å². The Morgan fingerprint density at radius 3 is 2.80 bits per heavy atom. The molecule has 2 aliphatic rings. The van der Waals surface area contributed by atoms with Crippen molar-refractivity contribution in [1.82, 2.24) is 0 Å². The van der Waals surface area contributed by atoms with Crippen LogP contribution in [0.5, 0.6) is 0 Å². The summed E-state index contributed by atoms with van der Waals surface area (Å²) in [5, 5.41) is 8.86. The molecule has 1 amide bonds. The SMILES string of the molecule is CC(=O)N1c2ccc(C(C=NCCO)=CN)cc2C[C@@H](C)[C@@H]1C1CC1. The van der Waals surface area contributed by atoms with Crippen molar-refractivity contribution in [2.45, 2.75) is 39.2 Å². The van der Waals surface area contributed by atoms with Crippen LogP contribution in [-0.2, 0) is 11.2 Å². The number of amides is 1. The van der Waals surface area contributed by atoms with E-state index >= 15 is 0 Å². The smallest absolute Gasteiger partial charge is 0.224 e. The maximum absolute atomic E-state index is 12.3. The number of aliphatic hydroxyl groups is 1. The molecule has 0 aromatic heterocycles. The fraction of sp³-hybridized carbons (Fsp3) is 0.500. The summed E-state index contributed by atoms with van der Waals surface area (Å²) in [6, 6.07) is 6.48. The number of carbonyl (C=O) groups excluding carboxylic acids is 1. The summed E-state index contributed by atoms with van der Waals surface area (Å²) >= 11 is 0. The Hall–Kier alpha value is -2.14. The molecule has 5 nitrogen and oxygen atoms in total. The van der Waals surface area contributed by atoms with Crippen LogP contribution < -0.4 is 10.6 Å². The van der Waals surface area contributed by atoms with Gasteiger partial charge in [-0.25, -0.2) is 0 Å². The summed E-state index contributed by atoms with van der Waals surface area (Å²) in [6.07, 6.45) is 6.66. The molecule has 0 radical (unpaired) electrons. The number of aliphatic hydroxyl groups excluding tert-OH is 1. The van der Waals surface area contributed by atoms with Crippen molar-refractivity contribution in [1.29, 1.82) is 0 Å². The van der Waals surface area contributed by atoms with Crippen LogP contribution in [0.25, 0.3) is 5.57 Å². The lowest BCUT2D eigenvalue weighted by atomic mass is 9.83. The molecule has 1 aromatic rings. The number of fused-ring (bicyclic) bond motifs is 1. The van der Waals surface area contributed by atoms with Crippen molar-refractivity contribution >= 4 is 23.4 Å². The highest BCUT2D eigenvalue weighted by molar-refractivity contribution is 6.10. The highest BCUT2D eigenvalue weighted by atomic mass is 16.3. The second kappa shape index (κ2) is 7.40. The summed E-state index contributed by atoms with van der Waals surface area (Å²) in [5.41, 5.74) is 9.79. The molecular weight excluding hydrogens is 314 g/mol. The van der Waals surface area contributed by atoms with E-state index in [1.165, 1.54) is 24.6 Å². The van der Waals surface area contributed by atoms with E-state index in [1.807, 2.05) is 17.0 Å². The molecule has 2 atom stereocenters. The molecule has 3 N–H and O–H groups in total. The molecule has 1 aliphatic carbocycles. The largest absolute Gasteiger partial charge is 0.404 e. The van der Waals surface area contributed by atoms with Gasteiger partial charge in [-0.3, -0.25) is 9.79 Å². The number of rotatable bonds is 5. The first-order valence-electron chi connectivity index (χ1n) is 9.02. The Morgan fingerprint density at radius 2 is 2.20 bits per heavy atom. The van der Waals surface area contributed by atoms with Gasteiger partial charge in [-0.1, -0.05) is 13.0 Å². The van der Waals surface area contributed by atoms with E-state index in [1.54, 1.807) is 13.1 Å². The van der Waals surface area contributed by atoms with Gasteiger partial charge in [0.15, 0.2) is 0 Å². The Labute approximate surface area is 149 Å². The topological polar surface area (TPSA) is 78.9 Å².